The van der Waals surface area contributed by atoms with Gasteiger partial charge in [-0.25, -0.2) is 4.79 Å². The molecular formula is C29H30O4. The standard InChI is InChI=1S/C29H30O4/c1-19(2)17-31-27-16-25(28(32-18-20(3)4)24-14-8-7-13-23(24)27)29(30)33-26-15-9-11-21-10-5-6-12-22(21)26/h5-16,19-20H,17-18H2,1-4H3. The maximum absolute atomic E-state index is 13.5. The molecule has 0 atom stereocenters. The molecule has 4 heteroatoms. The Morgan fingerprint density at radius 2 is 1.30 bits per heavy atom. The third kappa shape index (κ3) is 5.11. The van der Waals surface area contributed by atoms with Crippen molar-refractivity contribution in [3.8, 4) is 17.2 Å². The van der Waals surface area contributed by atoms with Gasteiger partial charge in [-0.05, 0) is 29.4 Å². The van der Waals surface area contributed by atoms with Gasteiger partial charge in [0.25, 0.3) is 0 Å². The second-order valence-electron chi connectivity index (χ2n) is 9.07. The zero-order valence-corrected chi connectivity index (χ0v) is 19.6. The molecule has 0 aromatic heterocycles. The van der Waals surface area contributed by atoms with E-state index >= 15 is 0 Å². The zero-order chi connectivity index (χ0) is 23.4. The molecule has 0 N–H and O–H groups in total. The van der Waals surface area contributed by atoms with Crippen molar-refractivity contribution in [1.29, 1.82) is 0 Å². The third-order valence-corrected chi connectivity index (χ3v) is 5.26. The highest BCUT2D eigenvalue weighted by Gasteiger charge is 2.22. The van der Waals surface area contributed by atoms with Crippen molar-refractivity contribution in [1.82, 2.24) is 0 Å². The van der Waals surface area contributed by atoms with Gasteiger partial charge in [0.05, 0.1) is 13.2 Å². The summed E-state index contributed by atoms with van der Waals surface area (Å²) in [6.45, 7) is 9.39. The maximum atomic E-state index is 13.5. The summed E-state index contributed by atoms with van der Waals surface area (Å²) in [5, 5.41) is 3.65. The van der Waals surface area contributed by atoms with Crippen LogP contribution >= 0.6 is 0 Å². The number of hydrogen-bond donors (Lipinski definition) is 0. The summed E-state index contributed by atoms with van der Waals surface area (Å²) in [5.74, 6) is 1.90. The van der Waals surface area contributed by atoms with E-state index in [0.29, 0.717) is 47.9 Å². The van der Waals surface area contributed by atoms with Gasteiger partial charge < -0.3 is 14.2 Å². The Morgan fingerprint density at radius 1 is 0.697 bits per heavy atom. The Balaban J connectivity index is 1.81. The number of benzene rings is 4. The van der Waals surface area contributed by atoms with E-state index in [4.69, 9.17) is 14.2 Å². The smallest absolute Gasteiger partial charge is 0.347 e. The number of hydrogen-bond acceptors (Lipinski definition) is 4. The molecule has 170 valence electrons. The average molecular weight is 443 g/mol. The molecule has 0 aliphatic carbocycles. The number of fused-ring (bicyclic) bond motifs is 2. The maximum Gasteiger partial charge on any atom is 0.347 e. The van der Waals surface area contributed by atoms with Crippen molar-refractivity contribution in [2.75, 3.05) is 13.2 Å². The van der Waals surface area contributed by atoms with Gasteiger partial charge in [0.15, 0.2) is 0 Å². The predicted octanol–water partition coefficient (Wildman–Crippen LogP) is 7.28. The first-order chi connectivity index (χ1) is 15.9. The molecule has 4 aromatic carbocycles. The van der Waals surface area contributed by atoms with Crippen LogP contribution in [0, 0.1) is 11.8 Å². The molecule has 0 aliphatic rings. The minimum atomic E-state index is -0.467. The van der Waals surface area contributed by atoms with Crippen molar-refractivity contribution in [3.63, 3.8) is 0 Å². The van der Waals surface area contributed by atoms with Crippen LogP contribution in [0.3, 0.4) is 0 Å². The normalized spacial score (nSPS) is 11.3. The van der Waals surface area contributed by atoms with Gasteiger partial charge in [0.2, 0.25) is 0 Å². The first-order valence-corrected chi connectivity index (χ1v) is 11.4. The Hall–Kier alpha value is -3.53. The van der Waals surface area contributed by atoms with E-state index in [0.717, 1.165) is 21.5 Å². The Labute approximate surface area is 195 Å². The fourth-order valence-corrected chi connectivity index (χ4v) is 3.69. The average Bonchev–Trinajstić information content (AvgIpc) is 2.81. The minimum absolute atomic E-state index is 0.308. The minimum Gasteiger partial charge on any atom is -0.493 e. The van der Waals surface area contributed by atoms with Crippen molar-refractivity contribution in [2.24, 2.45) is 11.8 Å². The van der Waals surface area contributed by atoms with Crippen LogP contribution in [0.4, 0.5) is 0 Å². The molecule has 0 unspecified atom stereocenters. The van der Waals surface area contributed by atoms with Crippen molar-refractivity contribution in [3.05, 3.63) is 78.4 Å². The van der Waals surface area contributed by atoms with Gasteiger partial charge in [-0.3, -0.25) is 0 Å². The van der Waals surface area contributed by atoms with Gasteiger partial charge in [0.1, 0.15) is 22.8 Å². The molecular weight excluding hydrogens is 412 g/mol. The number of carbonyl (C=O) groups excluding carboxylic acids is 1. The third-order valence-electron chi connectivity index (χ3n) is 5.26. The Kier molecular flexibility index (Phi) is 6.83. The Morgan fingerprint density at radius 3 is 2.03 bits per heavy atom. The highest BCUT2D eigenvalue weighted by atomic mass is 16.5. The molecule has 0 radical (unpaired) electrons. The van der Waals surface area contributed by atoms with Crippen molar-refractivity contribution >= 4 is 27.5 Å². The van der Waals surface area contributed by atoms with E-state index in [2.05, 4.69) is 27.7 Å². The van der Waals surface area contributed by atoms with E-state index in [-0.39, 0.29) is 0 Å². The van der Waals surface area contributed by atoms with Crippen LogP contribution < -0.4 is 14.2 Å². The highest BCUT2D eigenvalue weighted by molar-refractivity contribution is 6.05. The molecule has 0 aliphatic heterocycles. The number of esters is 1. The van der Waals surface area contributed by atoms with E-state index < -0.39 is 5.97 Å². The van der Waals surface area contributed by atoms with Gasteiger partial charge in [-0.2, -0.15) is 0 Å². The number of ether oxygens (including phenoxy) is 3. The molecule has 33 heavy (non-hydrogen) atoms. The lowest BCUT2D eigenvalue weighted by Crippen LogP contribution is -2.14. The highest BCUT2D eigenvalue weighted by Crippen LogP contribution is 2.38. The molecule has 0 amide bonds. The van der Waals surface area contributed by atoms with Gasteiger partial charge >= 0.3 is 5.97 Å². The van der Waals surface area contributed by atoms with Crippen LogP contribution in [0.15, 0.2) is 72.8 Å². The number of carbonyl (C=O) groups is 1. The van der Waals surface area contributed by atoms with E-state index in [9.17, 15) is 4.79 Å². The summed E-state index contributed by atoms with van der Waals surface area (Å²) in [5.41, 5.74) is 0.362. The molecule has 0 saturated heterocycles. The second-order valence-corrected chi connectivity index (χ2v) is 9.07. The lowest BCUT2D eigenvalue weighted by Gasteiger charge is -2.19. The molecule has 4 nitrogen and oxygen atoms in total. The van der Waals surface area contributed by atoms with Crippen LogP contribution in [0.1, 0.15) is 38.1 Å². The Bertz CT molecular complexity index is 1270. The van der Waals surface area contributed by atoms with Crippen molar-refractivity contribution in [2.45, 2.75) is 27.7 Å². The monoisotopic (exact) mass is 442 g/mol. The van der Waals surface area contributed by atoms with Crippen LogP contribution in [0.2, 0.25) is 0 Å². The van der Waals surface area contributed by atoms with Crippen LogP contribution in [0.5, 0.6) is 17.2 Å². The molecule has 0 bridgehead atoms. The van der Waals surface area contributed by atoms with Crippen LogP contribution in [-0.2, 0) is 0 Å². The van der Waals surface area contributed by atoms with E-state index in [1.165, 1.54) is 0 Å². The molecule has 4 aromatic rings. The molecule has 0 heterocycles. The SMILES string of the molecule is CC(C)COc1cc(C(=O)Oc2cccc3ccccc23)c(OCC(C)C)c2ccccc12. The zero-order valence-electron chi connectivity index (χ0n) is 19.6. The second kappa shape index (κ2) is 9.95. The van der Waals surface area contributed by atoms with Crippen LogP contribution in [0.25, 0.3) is 21.5 Å². The van der Waals surface area contributed by atoms with Gasteiger partial charge in [0, 0.05) is 16.2 Å². The largest absolute Gasteiger partial charge is 0.493 e. The lowest BCUT2D eigenvalue weighted by atomic mass is 10.0. The fraction of sp³-hybridized carbons (Fsp3) is 0.276. The fourth-order valence-electron chi connectivity index (χ4n) is 3.69. The van der Waals surface area contributed by atoms with E-state index in [1.807, 2.05) is 66.7 Å². The quantitative estimate of drug-likeness (QED) is 0.212. The van der Waals surface area contributed by atoms with Gasteiger partial charge in [-0.15, -0.1) is 0 Å². The topological polar surface area (TPSA) is 44.8 Å². The molecule has 4 rings (SSSR count). The summed E-state index contributed by atoms with van der Waals surface area (Å²) in [6, 6.07) is 23.2. The van der Waals surface area contributed by atoms with Gasteiger partial charge in [-0.1, -0.05) is 88.4 Å². The molecule has 0 fully saturated rings. The summed E-state index contributed by atoms with van der Waals surface area (Å²) < 4.78 is 18.2. The molecule has 0 saturated carbocycles. The summed E-state index contributed by atoms with van der Waals surface area (Å²) in [7, 11) is 0. The predicted molar refractivity (Wildman–Crippen MR) is 134 cm³/mol. The lowest BCUT2D eigenvalue weighted by molar-refractivity contribution is 0.0731. The first-order valence-electron chi connectivity index (χ1n) is 11.4. The summed E-state index contributed by atoms with van der Waals surface area (Å²) in [6.07, 6.45) is 0. The van der Waals surface area contributed by atoms with E-state index in [1.54, 1.807) is 6.07 Å². The van der Waals surface area contributed by atoms with Crippen LogP contribution in [-0.4, -0.2) is 19.2 Å². The summed E-state index contributed by atoms with van der Waals surface area (Å²) >= 11 is 0. The summed E-state index contributed by atoms with van der Waals surface area (Å²) in [4.78, 5) is 13.5. The number of rotatable bonds is 8. The van der Waals surface area contributed by atoms with Crippen molar-refractivity contribution < 1.29 is 19.0 Å². The molecule has 0 spiro atoms. The first kappa shape index (κ1) is 22.7.